The Morgan fingerprint density at radius 1 is 1.60 bits per heavy atom. The average Bonchev–Trinajstić information content (AvgIpc) is 2.30. The lowest BCUT2D eigenvalue weighted by atomic mass is 9.68. The highest BCUT2D eigenvalue weighted by Gasteiger charge is 2.67. The van der Waals surface area contributed by atoms with E-state index in [1.54, 1.807) is 0 Å². The summed E-state index contributed by atoms with van der Waals surface area (Å²) in [5, 5.41) is 9.01. The number of halogens is 1. The van der Waals surface area contributed by atoms with Gasteiger partial charge in [-0.2, -0.15) is 0 Å². The number of alkyl halides is 1. The van der Waals surface area contributed by atoms with E-state index in [-0.39, 0.29) is 22.7 Å². The minimum Gasteiger partial charge on any atom is -0.457 e. The molecule has 0 aromatic carbocycles. The zero-order valence-corrected chi connectivity index (χ0v) is 10.6. The average molecular weight is 324 g/mol. The van der Waals surface area contributed by atoms with Crippen molar-refractivity contribution >= 4 is 34.3 Å². The Balaban J connectivity index is 2.47. The van der Waals surface area contributed by atoms with Gasteiger partial charge in [0.15, 0.2) is 5.78 Å². The first-order valence-electron chi connectivity index (χ1n) is 4.99. The third kappa shape index (κ3) is 1.28. The van der Waals surface area contributed by atoms with E-state index in [0.717, 1.165) is 0 Å². The second-order valence-corrected chi connectivity index (χ2v) is 5.68. The molecule has 1 saturated heterocycles. The summed E-state index contributed by atoms with van der Waals surface area (Å²) in [6.07, 6.45) is 1.16. The van der Waals surface area contributed by atoms with E-state index >= 15 is 0 Å². The van der Waals surface area contributed by atoms with Crippen molar-refractivity contribution in [3.05, 3.63) is 0 Å². The number of ether oxygens (including phenoxy) is 1. The van der Waals surface area contributed by atoms with Crippen LogP contribution in [0.4, 0.5) is 0 Å². The molecule has 0 aromatic rings. The van der Waals surface area contributed by atoms with Crippen LogP contribution >= 0.6 is 22.6 Å². The van der Waals surface area contributed by atoms with Gasteiger partial charge in [-0.05, 0) is 19.8 Å². The molecule has 0 amide bonds. The van der Waals surface area contributed by atoms with Gasteiger partial charge in [0.2, 0.25) is 0 Å². The number of aliphatic hydroxyl groups excluding tert-OH is 1. The first-order chi connectivity index (χ1) is 6.97. The van der Waals surface area contributed by atoms with Gasteiger partial charge in [0.05, 0.1) is 3.92 Å². The summed E-state index contributed by atoms with van der Waals surface area (Å²) in [5.74, 6) is -0.517. The Hall–Kier alpha value is -0.170. The van der Waals surface area contributed by atoms with Gasteiger partial charge in [0.25, 0.3) is 0 Å². The summed E-state index contributed by atoms with van der Waals surface area (Å²) in [6.45, 7) is 1.71. The molecule has 5 heteroatoms. The lowest BCUT2D eigenvalue weighted by Crippen LogP contribution is -2.50. The molecule has 1 aliphatic carbocycles. The quantitative estimate of drug-likeness (QED) is 0.354. The minimum atomic E-state index is -1.08. The topological polar surface area (TPSA) is 63.6 Å². The molecule has 1 N–H and O–H groups in total. The standard InChI is InChI=1S/C10H13IO4/c1-9-3-2-6(13)10(4-5-12,7(9)11)8(14)15-9/h7,12H,2-5H2,1H3/t7-,9+,10-/m0/s1. The minimum absolute atomic E-state index is 0.0732. The van der Waals surface area contributed by atoms with E-state index in [0.29, 0.717) is 12.8 Å². The summed E-state index contributed by atoms with van der Waals surface area (Å²) >= 11 is 2.12. The zero-order chi connectivity index (χ0) is 11.3. The summed E-state index contributed by atoms with van der Waals surface area (Å²) in [4.78, 5) is 23.7. The van der Waals surface area contributed by atoms with Crippen LogP contribution in [0.15, 0.2) is 0 Å². The SMILES string of the molecule is C[C@]12CCC(=O)[C@](CCO)(C(=O)O1)[C@H]2I. The lowest BCUT2D eigenvalue weighted by Gasteiger charge is -2.36. The Labute approximate surface area is 102 Å². The number of aliphatic hydroxyl groups is 1. The van der Waals surface area contributed by atoms with Crippen LogP contribution in [0.25, 0.3) is 0 Å². The van der Waals surface area contributed by atoms with Crippen molar-refractivity contribution in [3.8, 4) is 0 Å². The Morgan fingerprint density at radius 2 is 2.27 bits per heavy atom. The number of Topliss-reactive ketones (excluding diaryl/α,β-unsaturated/α-hetero) is 1. The van der Waals surface area contributed by atoms with Crippen LogP contribution in [0, 0.1) is 5.41 Å². The molecule has 2 bridgehead atoms. The van der Waals surface area contributed by atoms with Crippen molar-refractivity contribution in [1.82, 2.24) is 0 Å². The molecule has 0 unspecified atom stereocenters. The van der Waals surface area contributed by atoms with E-state index < -0.39 is 17.0 Å². The Kier molecular flexibility index (Phi) is 2.57. The molecular formula is C10H13IO4. The Morgan fingerprint density at radius 3 is 2.87 bits per heavy atom. The predicted octanol–water partition coefficient (Wildman–Crippen LogP) is 0.837. The number of hydrogen-bond donors (Lipinski definition) is 1. The molecule has 84 valence electrons. The van der Waals surface area contributed by atoms with Crippen molar-refractivity contribution in [3.63, 3.8) is 0 Å². The molecule has 3 atom stereocenters. The highest BCUT2D eigenvalue weighted by atomic mass is 127. The maximum atomic E-state index is 11.9. The molecule has 1 aliphatic heterocycles. The molecule has 0 radical (unpaired) electrons. The highest BCUT2D eigenvalue weighted by Crippen LogP contribution is 2.54. The molecule has 4 nitrogen and oxygen atoms in total. The van der Waals surface area contributed by atoms with Crippen LogP contribution < -0.4 is 0 Å². The Bertz CT molecular complexity index is 329. The third-order valence-corrected chi connectivity index (χ3v) is 5.89. The molecule has 1 saturated carbocycles. The molecule has 1 heterocycles. The number of esters is 1. The van der Waals surface area contributed by atoms with Gasteiger partial charge >= 0.3 is 5.97 Å². The number of rotatable bonds is 2. The number of ketones is 1. The summed E-state index contributed by atoms with van der Waals surface area (Å²) in [5.41, 5.74) is -1.61. The number of carbonyl (C=O) groups excluding carboxylic acids is 2. The van der Waals surface area contributed by atoms with Crippen LogP contribution in [0.1, 0.15) is 26.2 Å². The lowest BCUT2D eigenvalue weighted by molar-refractivity contribution is -0.154. The van der Waals surface area contributed by atoms with Crippen molar-refractivity contribution in [1.29, 1.82) is 0 Å². The van der Waals surface area contributed by atoms with Gasteiger partial charge in [-0.3, -0.25) is 9.59 Å². The highest BCUT2D eigenvalue weighted by molar-refractivity contribution is 14.1. The molecule has 0 spiro atoms. The van der Waals surface area contributed by atoms with Crippen molar-refractivity contribution < 1.29 is 19.4 Å². The van der Waals surface area contributed by atoms with Crippen molar-refractivity contribution in [2.24, 2.45) is 5.41 Å². The maximum Gasteiger partial charge on any atom is 0.321 e. The number of fused-ring (bicyclic) bond motifs is 2. The van der Waals surface area contributed by atoms with Gasteiger partial charge < -0.3 is 9.84 Å². The van der Waals surface area contributed by atoms with Gasteiger partial charge in [0.1, 0.15) is 11.0 Å². The second kappa shape index (κ2) is 3.41. The molecule has 2 rings (SSSR count). The summed E-state index contributed by atoms with van der Waals surface area (Å²) in [6, 6.07) is 0. The fourth-order valence-electron chi connectivity index (χ4n) is 2.54. The van der Waals surface area contributed by atoms with E-state index in [4.69, 9.17) is 9.84 Å². The van der Waals surface area contributed by atoms with Crippen molar-refractivity contribution in [2.75, 3.05) is 6.61 Å². The zero-order valence-electron chi connectivity index (χ0n) is 8.46. The molecule has 0 aromatic heterocycles. The van der Waals surface area contributed by atoms with Crippen LogP contribution in [0.5, 0.6) is 0 Å². The first kappa shape index (κ1) is 11.3. The van der Waals surface area contributed by atoms with Crippen LogP contribution in [-0.2, 0) is 14.3 Å². The monoisotopic (exact) mass is 324 g/mol. The van der Waals surface area contributed by atoms with Gasteiger partial charge in [-0.15, -0.1) is 0 Å². The van der Waals surface area contributed by atoms with E-state index in [1.165, 1.54) is 0 Å². The summed E-state index contributed by atoms with van der Waals surface area (Å²) < 4.78 is 5.17. The largest absolute Gasteiger partial charge is 0.457 e. The molecular weight excluding hydrogens is 311 g/mol. The number of hydrogen-bond acceptors (Lipinski definition) is 4. The fourth-order valence-corrected chi connectivity index (χ4v) is 3.89. The number of carbonyl (C=O) groups is 2. The smallest absolute Gasteiger partial charge is 0.321 e. The molecule has 2 aliphatic rings. The van der Waals surface area contributed by atoms with Crippen molar-refractivity contribution in [2.45, 2.75) is 35.7 Å². The maximum absolute atomic E-state index is 11.9. The van der Waals surface area contributed by atoms with E-state index in [2.05, 4.69) is 22.6 Å². The first-order valence-corrected chi connectivity index (χ1v) is 6.23. The predicted molar refractivity (Wildman–Crippen MR) is 60.7 cm³/mol. The van der Waals surface area contributed by atoms with E-state index in [9.17, 15) is 9.59 Å². The van der Waals surface area contributed by atoms with Gasteiger partial charge in [-0.1, -0.05) is 22.6 Å². The van der Waals surface area contributed by atoms with Gasteiger partial charge in [-0.25, -0.2) is 0 Å². The molecule has 15 heavy (non-hydrogen) atoms. The van der Waals surface area contributed by atoms with E-state index in [1.807, 2.05) is 6.92 Å². The second-order valence-electron chi connectivity index (χ2n) is 4.43. The fraction of sp³-hybridized carbons (Fsp3) is 0.800. The van der Waals surface area contributed by atoms with Crippen LogP contribution in [0.2, 0.25) is 0 Å². The third-order valence-electron chi connectivity index (χ3n) is 3.51. The van der Waals surface area contributed by atoms with Crippen LogP contribution in [-0.4, -0.2) is 33.0 Å². The normalized spacial score (nSPS) is 44.3. The molecule has 2 fully saturated rings. The van der Waals surface area contributed by atoms with Gasteiger partial charge in [0, 0.05) is 13.0 Å². The van der Waals surface area contributed by atoms with Crippen LogP contribution in [0.3, 0.4) is 0 Å². The summed E-state index contributed by atoms with van der Waals surface area (Å²) in [7, 11) is 0.